The Balaban J connectivity index is 1.92. The van der Waals surface area contributed by atoms with Gasteiger partial charge in [-0.2, -0.15) is 0 Å². The molecule has 0 amide bonds. The van der Waals surface area contributed by atoms with E-state index in [4.69, 9.17) is 9.47 Å². The number of nitrogens with zero attached hydrogens (tertiary/aromatic N) is 1. The molecular weight excluding hydrogens is 285 g/mol. The minimum atomic E-state index is -0.627. The molecule has 124 valence electrons. The van der Waals surface area contributed by atoms with Crippen molar-refractivity contribution >= 4 is 0 Å². The van der Waals surface area contributed by atoms with E-state index in [9.17, 15) is 9.50 Å². The van der Waals surface area contributed by atoms with Crippen molar-refractivity contribution in [2.45, 2.75) is 26.3 Å². The van der Waals surface area contributed by atoms with Crippen LogP contribution in [0.2, 0.25) is 0 Å². The third-order valence-electron chi connectivity index (χ3n) is 4.58. The molecule has 1 heterocycles. The van der Waals surface area contributed by atoms with Gasteiger partial charge in [-0.15, -0.1) is 0 Å². The summed E-state index contributed by atoms with van der Waals surface area (Å²) in [6, 6.07) is 3.09. The Morgan fingerprint density at radius 1 is 1.32 bits per heavy atom. The molecule has 1 N–H and O–H groups in total. The number of benzene rings is 1. The molecule has 5 heteroatoms. The SMILES string of the molecule is COC[C@@H](C)C1CCN(Cc2cc(F)c(O)c(OC)c2)CC1. The van der Waals surface area contributed by atoms with E-state index in [2.05, 4.69) is 11.8 Å². The predicted molar refractivity (Wildman–Crippen MR) is 83.7 cm³/mol. The van der Waals surface area contributed by atoms with Crippen LogP contribution in [-0.4, -0.2) is 43.9 Å². The molecule has 0 spiro atoms. The van der Waals surface area contributed by atoms with Crippen molar-refractivity contribution < 1.29 is 19.0 Å². The molecule has 0 unspecified atom stereocenters. The number of halogens is 1. The van der Waals surface area contributed by atoms with E-state index in [-0.39, 0.29) is 5.75 Å². The number of phenols is 1. The van der Waals surface area contributed by atoms with Crippen LogP contribution in [0.1, 0.15) is 25.3 Å². The highest BCUT2D eigenvalue weighted by molar-refractivity contribution is 5.43. The molecule has 0 aromatic heterocycles. The minimum Gasteiger partial charge on any atom is -0.502 e. The second-order valence-corrected chi connectivity index (χ2v) is 6.17. The van der Waals surface area contributed by atoms with Crippen LogP contribution in [0.5, 0.6) is 11.5 Å². The van der Waals surface area contributed by atoms with Crippen molar-refractivity contribution in [3.63, 3.8) is 0 Å². The van der Waals surface area contributed by atoms with E-state index in [1.54, 1.807) is 13.2 Å². The summed E-state index contributed by atoms with van der Waals surface area (Å²) in [6.07, 6.45) is 2.28. The Morgan fingerprint density at radius 2 is 2.00 bits per heavy atom. The van der Waals surface area contributed by atoms with Crippen molar-refractivity contribution in [3.8, 4) is 11.5 Å². The number of phenolic OH excluding ortho intramolecular Hbond substituents is 1. The first-order valence-corrected chi connectivity index (χ1v) is 7.81. The van der Waals surface area contributed by atoms with E-state index in [1.807, 2.05) is 0 Å². The molecule has 1 aromatic carbocycles. The van der Waals surface area contributed by atoms with Gasteiger partial charge in [0.05, 0.1) is 7.11 Å². The van der Waals surface area contributed by atoms with Crippen molar-refractivity contribution in [2.24, 2.45) is 11.8 Å². The molecule has 1 aliphatic heterocycles. The summed E-state index contributed by atoms with van der Waals surface area (Å²) >= 11 is 0. The van der Waals surface area contributed by atoms with Crippen LogP contribution in [0, 0.1) is 17.7 Å². The first-order valence-electron chi connectivity index (χ1n) is 7.81. The average molecular weight is 311 g/mol. The standard InChI is InChI=1S/C17H26FNO3/c1-12(11-21-2)14-4-6-19(7-5-14)10-13-8-15(18)17(20)16(9-13)22-3/h8-9,12,14,20H,4-7,10-11H2,1-3H3/t12-/m1/s1. The highest BCUT2D eigenvalue weighted by atomic mass is 19.1. The van der Waals surface area contributed by atoms with Crippen LogP contribution in [0.15, 0.2) is 12.1 Å². The van der Waals surface area contributed by atoms with Gasteiger partial charge in [0.1, 0.15) is 0 Å². The van der Waals surface area contributed by atoms with Crippen molar-refractivity contribution in [1.82, 2.24) is 4.90 Å². The molecule has 0 saturated carbocycles. The van der Waals surface area contributed by atoms with Crippen molar-refractivity contribution in [2.75, 3.05) is 33.9 Å². The summed E-state index contributed by atoms with van der Waals surface area (Å²) in [6.45, 7) is 5.74. The fourth-order valence-corrected chi connectivity index (χ4v) is 3.21. The summed E-state index contributed by atoms with van der Waals surface area (Å²) in [5.74, 6) is 0.426. The second-order valence-electron chi connectivity index (χ2n) is 6.17. The Labute approximate surface area is 131 Å². The Hall–Kier alpha value is -1.33. The molecule has 4 nitrogen and oxygen atoms in total. The van der Waals surface area contributed by atoms with E-state index in [1.165, 1.54) is 13.2 Å². The summed E-state index contributed by atoms with van der Waals surface area (Å²) in [5, 5.41) is 9.55. The zero-order chi connectivity index (χ0) is 16.1. The second kappa shape index (κ2) is 7.79. The summed E-state index contributed by atoms with van der Waals surface area (Å²) in [5.41, 5.74) is 0.829. The normalized spacial score (nSPS) is 18.4. The lowest BCUT2D eigenvalue weighted by Gasteiger charge is -2.34. The topological polar surface area (TPSA) is 41.9 Å². The molecule has 1 fully saturated rings. The fourth-order valence-electron chi connectivity index (χ4n) is 3.21. The van der Waals surface area contributed by atoms with Gasteiger partial charge in [-0.3, -0.25) is 4.90 Å². The largest absolute Gasteiger partial charge is 0.502 e. The molecule has 0 aliphatic carbocycles. The van der Waals surface area contributed by atoms with E-state index in [0.29, 0.717) is 18.4 Å². The van der Waals surface area contributed by atoms with Gasteiger partial charge in [0, 0.05) is 20.3 Å². The van der Waals surface area contributed by atoms with Crippen molar-refractivity contribution in [3.05, 3.63) is 23.5 Å². The maximum atomic E-state index is 13.7. The monoisotopic (exact) mass is 311 g/mol. The average Bonchev–Trinajstić information content (AvgIpc) is 2.51. The van der Waals surface area contributed by atoms with Gasteiger partial charge in [-0.25, -0.2) is 4.39 Å². The van der Waals surface area contributed by atoms with Crippen LogP contribution in [0.4, 0.5) is 4.39 Å². The number of rotatable bonds is 6. The van der Waals surface area contributed by atoms with Gasteiger partial charge in [-0.05, 0) is 55.5 Å². The molecule has 0 bridgehead atoms. The lowest BCUT2D eigenvalue weighted by molar-refractivity contribution is 0.0879. The zero-order valence-electron chi connectivity index (χ0n) is 13.6. The van der Waals surface area contributed by atoms with Crippen LogP contribution < -0.4 is 4.74 Å². The number of likely N-dealkylation sites (tertiary alicyclic amines) is 1. The third kappa shape index (κ3) is 4.11. The van der Waals surface area contributed by atoms with Gasteiger partial charge in [0.25, 0.3) is 0 Å². The van der Waals surface area contributed by atoms with Gasteiger partial charge in [0.2, 0.25) is 0 Å². The highest BCUT2D eigenvalue weighted by Gasteiger charge is 2.24. The predicted octanol–water partition coefficient (Wildman–Crippen LogP) is 3.03. The van der Waals surface area contributed by atoms with Crippen molar-refractivity contribution in [1.29, 1.82) is 0 Å². The van der Waals surface area contributed by atoms with Crippen LogP contribution >= 0.6 is 0 Å². The Kier molecular flexibility index (Phi) is 6.03. The molecule has 2 rings (SSSR count). The smallest absolute Gasteiger partial charge is 0.194 e. The first kappa shape index (κ1) is 17.0. The molecule has 22 heavy (non-hydrogen) atoms. The van der Waals surface area contributed by atoms with Gasteiger partial charge in [0.15, 0.2) is 17.3 Å². The molecule has 1 atom stereocenters. The lowest BCUT2D eigenvalue weighted by atomic mass is 9.86. The van der Waals surface area contributed by atoms with E-state index in [0.717, 1.165) is 38.1 Å². The van der Waals surface area contributed by atoms with Gasteiger partial charge >= 0.3 is 0 Å². The van der Waals surface area contributed by atoms with Gasteiger partial charge in [-0.1, -0.05) is 6.92 Å². The Bertz CT molecular complexity index is 487. The number of methoxy groups -OCH3 is 2. The number of ether oxygens (including phenoxy) is 2. The van der Waals surface area contributed by atoms with Crippen LogP contribution in [0.3, 0.4) is 0 Å². The van der Waals surface area contributed by atoms with E-state index >= 15 is 0 Å². The molecular formula is C17H26FNO3. The summed E-state index contributed by atoms with van der Waals surface area (Å²) < 4.78 is 23.9. The molecule has 1 aliphatic rings. The quantitative estimate of drug-likeness (QED) is 0.877. The molecule has 0 radical (unpaired) electrons. The fraction of sp³-hybridized carbons (Fsp3) is 0.647. The zero-order valence-corrected chi connectivity index (χ0v) is 13.6. The molecule has 1 aromatic rings. The number of hydrogen-bond donors (Lipinski definition) is 1. The van der Waals surface area contributed by atoms with Crippen LogP contribution in [-0.2, 0) is 11.3 Å². The maximum Gasteiger partial charge on any atom is 0.194 e. The molecule has 1 saturated heterocycles. The number of piperidine rings is 1. The maximum absolute atomic E-state index is 13.7. The number of aromatic hydroxyl groups is 1. The van der Waals surface area contributed by atoms with E-state index < -0.39 is 11.6 Å². The summed E-state index contributed by atoms with van der Waals surface area (Å²) in [7, 11) is 3.18. The third-order valence-corrected chi connectivity index (χ3v) is 4.58. The number of hydrogen-bond acceptors (Lipinski definition) is 4. The summed E-state index contributed by atoms with van der Waals surface area (Å²) in [4.78, 5) is 2.32. The lowest BCUT2D eigenvalue weighted by Crippen LogP contribution is -2.36. The van der Waals surface area contributed by atoms with Crippen LogP contribution in [0.25, 0.3) is 0 Å². The van der Waals surface area contributed by atoms with Gasteiger partial charge < -0.3 is 14.6 Å². The minimum absolute atomic E-state index is 0.193. The highest BCUT2D eigenvalue weighted by Crippen LogP contribution is 2.31. The Morgan fingerprint density at radius 3 is 2.59 bits per heavy atom. The first-order chi connectivity index (χ1) is 10.5.